The van der Waals surface area contributed by atoms with Gasteiger partial charge >= 0.3 is 0 Å². The molecule has 0 saturated heterocycles. The molecule has 1 aromatic rings. The molecule has 5 nitrogen and oxygen atoms in total. The van der Waals surface area contributed by atoms with Gasteiger partial charge in [0.1, 0.15) is 5.84 Å². The van der Waals surface area contributed by atoms with Crippen LogP contribution in [0.2, 0.25) is 0 Å². The monoisotopic (exact) mass is 232 g/mol. The summed E-state index contributed by atoms with van der Waals surface area (Å²) >= 11 is 0. The topological polar surface area (TPSA) is 71.6 Å². The number of nitrogens with two attached hydrogens (primary N) is 1. The van der Waals surface area contributed by atoms with Gasteiger partial charge in [-0.1, -0.05) is 13.8 Å². The lowest BCUT2D eigenvalue weighted by Crippen LogP contribution is -2.44. The van der Waals surface area contributed by atoms with Crippen LogP contribution < -0.4 is 5.73 Å². The molecule has 0 aromatic carbocycles. The maximum absolute atomic E-state index is 12.0. The maximum Gasteiger partial charge on any atom is 0.246 e. The van der Waals surface area contributed by atoms with Crippen LogP contribution in [0.5, 0.6) is 0 Å². The van der Waals surface area contributed by atoms with Crippen LogP contribution in [0, 0.1) is 11.8 Å². The number of amidine groups is 1. The van der Waals surface area contributed by atoms with Gasteiger partial charge in [-0.05, 0) is 17.7 Å². The van der Waals surface area contributed by atoms with Crippen molar-refractivity contribution in [1.82, 2.24) is 9.99 Å². The van der Waals surface area contributed by atoms with Crippen LogP contribution in [0.4, 0.5) is 0 Å². The molecule has 2 unspecified atom stereocenters. The molecule has 2 N–H and O–H groups in total. The number of rotatable bonds is 2. The highest BCUT2D eigenvalue weighted by molar-refractivity contribution is 5.93. The number of hydrogen-bond donors (Lipinski definition) is 1. The van der Waals surface area contributed by atoms with Crippen LogP contribution >= 0.6 is 0 Å². The minimum atomic E-state index is -0.116. The molecule has 0 spiro atoms. The lowest BCUT2D eigenvalue weighted by atomic mass is 9.92. The normalized spacial score (nSPS) is 24.7. The van der Waals surface area contributed by atoms with Crippen molar-refractivity contribution in [3.05, 3.63) is 30.1 Å². The largest absolute Gasteiger partial charge is 0.385 e. The fraction of sp³-hybridized carbons (Fsp3) is 0.417. The fourth-order valence-electron chi connectivity index (χ4n) is 1.76. The molecule has 5 heteroatoms. The second-order valence-corrected chi connectivity index (χ2v) is 4.35. The molecule has 2 atom stereocenters. The smallest absolute Gasteiger partial charge is 0.246 e. The van der Waals surface area contributed by atoms with Crippen molar-refractivity contribution in [2.45, 2.75) is 20.4 Å². The molecule has 0 radical (unpaired) electrons. The Bertz CT molecular complexity index is 443. The SMILES string of the molecule is CC1C(=O)N(Cc2ccncc2)N=C(N)C1C. The van der Waals surface area contributed by atoms with Gasteiger partial charge in [0.15, 0.2) is 0 Å². The van der Waals surface area contributed by atoms with E-state index in [9.17, 15) is 4.79 Å². The average molecular weight is 232 g/mol. The Morgan fingerprint density at radius 1 is 1.29 bits per heavy atom. The second-order valence-electron chi connectivity index (χ2n) is 4.35. The van der Waals surface area contributed by atoms with E-state index in [-0.39, 0.29) is 17.7 Å². The van der Waals surface area contributed by atoms with Crippen molar-refractivity contribution in [2.75, 3.05) is 0 Å². The summed E-state index contributed by atoms with van der Waals surface area (Å²) in [4.78, 5) is 16.0. The Morgan fingerprint density at radius 2 is 1.94 bits per heavy atom. The summed E-state index contributed by atoms with van der Waals surface area (Å²) < 4.78 is 0. The van der Waals surface area contributed by atoms with E-state index < -0.39 is 0 Å². The number of pyridine rings is 1. The Balaban J connectivity index is 2.19. The predicted octanol–water partition coefficient (Wildman–Crippen LogP) is 0.968. The first-order valence-electron chi connectivity index (χ1n) is 5.64. The van der Waals surface area contributed by atoms with Gasteiger partial charge in [-0.3, -0.25) is 9.78 Å². The molecule has 0 saturated carbocycles. The van der Waals surface area contributed by atoms with E-state index in [1.54, 1.807) is 12.4 Å². The number of hydrazone groups is 1. The number of nitrogens with zero attached hydrogens (tertiary/aromatic N) is 3. The molecule has 1 aliphatic rings. The molecule has 90 valence electrons. The molecule has 1 amide bonds. The Morgan fingerprint density at radius 3 is 2.59 bits per heavy atom. The summed E-state index contributed by atoms with van der Waals surface area (Å²) in [6.07, 6.45) is 3.39. The van der Waals surface area contributed by atoms with Gasteiger partial charge in [0, 0.05) is 24.2 Å². The standard InChI is InChI=1S/C12H16N4O/c1-8-9(2)12(17)16(15-11(8)13)7-10-3-5-14-6-4-10/h3-6,8-9H,7H2,1-2H3,(H2,13,15). The van der Waals surface area contributed by atoms with Gasteiger partial charge in [0.05, 0.1) is 6.54 Å². The number of amides is 1. The first kappa shape index (κ1) is 11.6. The molecule has 0 fully saturated rings. The van der Waals surface area contributed by atoms with Crippen LogP contribution in [0.1, 0.15) is 19.4 Å². The van der Waals surface area contributed by atoms with E-state index in [0.29, 0.717) is 12.4 Å². The summed E-state index contributed by atoms with van der Waals surface area (Å²) in [5, 5.41) is 5.59. The van der Waals surface area contributed by atoms with E-state index >= 15 is 0 Å². The quantitative estimate of drug-likeness (QED) is 0.825. The molecular weight excluding hydrogens is 216 g/mol. The zero-order valence-corrected chi connectivity index (χ0v) is 10.00. The Hall–Kier alpha value is -1.91. The minimum Gasteiger partial charge on any atom is -0.385 e. The van der Waals surface area contributed by atoms with Crippen LogP contribution in [0.3, 0.4) is 0 Å². The van der Waals surface area contributed by atoms with Crippen molar-refractivity contribution in [1.29, 1.82) is 0 Å². The summed E-state index contributed by atoms with van der Waals surface area (Å²) in [6, 6.07) is 3.73. The van der Waals surface area contributed by atoms with Gasteiger partial charge in [-0.15, -0.1) is 0 Å². The third-order valence-electron chi connectivity index (χ3n) is 3.18. The van der Waals surface area contributed by atoms with Gasteiger partial charge in [-0.2, -0.15) is 5.10 Å². The number of aromatic nitrogens is 1. The fourth-order valence-corrected chi connectivity index (χ4v) is 1.76. The van der Waals surface area contributed by atoms with Crippen LogP contribution in [0.15, 0.2) is 29.6 Å². The van der Waals surface area contributed by atoms with Gasteiger partial charge < -0.3 is 5.73 Å². The van der Waals surface area contributed by atoms with Crippen molar-refractivity contribution in [3.8, 4) is 0 Å². The molecule has 1 aliphatic heterocycles. The molecule has 17 heavy (non-hydrogen) atoms. The molecular formula is C12H16N4O. The minimum absolute atomic E-state index is 0.0104. The second kappa shape index (κ2) is 4.53. The van der Waals surface area contributed by atoms with Crippen LogP contribution in [-0.4, -0.2) is 21.7 Å². The maximum atomic E-state index is 12.0. The van der Waals surface area contributed by atoms with Crippen molar-refractivity contribution in [2.24, 2.45) is 22.7 Å². The first-order valence-corrected chi connectivity index (χ1v) is 5.64. The zero-order valence-electron chi connectivity index (χ0n) is 10.00. The third kappa shape index (κ3) is 2.27. The van der Waals surface area contributed by atoms with Crippen LogP contribution in [0.25, 0.3) is 0 Å². The van der Waals surface area contributed by atoms with Crippen molar-refractivity contribution >= 4 is 11.7 Å². The average Bonchev–Trinajstić information content (AvgIpc) is 2.35. The summed E-state index contributed by atoms with van der Waals surface area (Å²) in [6.45, 7) is 4.25. The van der Waals surface area contributed by atoms with E-state index in [4.69, 9.17) is 5.73 Å². The van der Waals surface area contributed by atoms with Gasteiger partial charge in [0.2, 0.25) is 5.91 Å². The van der Waals surface area contributed by atoms with Crippen LogP contribution in [-0.2, 0) is 11.3 Å². The highest BCUT2D eigenvalue weighted by Gasteiger charge is 2.32. The number of carbonyl (C=O) groups is 1. The van der Waals surface area contributed by atoms with Gasteiger partial charge in [-0.25, -0.2) is 5.01 Å². The highest BCUT2D eigenvalue weighted by Crippen LogP contribution is 2.21. The Kier molecular flexibility index (Phi) is 3.08. The van der Waals surface area contributed by atoms with E-state index in [1.807, 2.05) is 26.0 Å². The summed E-state index contributed by atoms with van der Waals surface area (Å²) in [5.41, 5.74) is 6.81. The zero-order chi connectivity index (χ0) is 12.4. The molecule has 2 rings (SSSR count). The molecule has 0 bridgehead atoms. The first-order chi connectivity index (χ1) is 8.09. The van der Waals surface area contributed by atoms with E-state index in [1.165, 1.54) is 5.01 Å². The van der Waals surface area contributed by atoms with Gasteiger partial charge in [0.25, 0.3) is 0 Å². The third-order valence-corrected chi connectivity index (χ3v) is 3.18. The van der Waals surface area contributed by atoms with E-state index in [2.05, 4.69) is 10.1 Å². The number of hydrogen-bond acceptors (Lipinski definition) is 4. The summed E-state index contributed by atoms with van der Waals surface area (Å²) in [7, 11) is 0. The summed E-state index contributed by atoms with van der Waals surface area (Å²) in [5.74, 6) is 0.431. The van der Waals surface area contributed by atoms with Crippen molar-refractivity contribution < 1.29 is 4.79 Å². The Labute approximate surface area is 100 Å². The molecule has 0 aliphatic carbocycles. The highest BCUT2D eigenvalue weighted by atomic mass is 16.2. The number of carbonyl (C=O) groups excluding carboxylic acids is 1. The van der Waals surface area contributed by atoms with E-state index in [0.717, 1.165) is 5.56 Å². The van der Waals surface area contributed by atoms with Crippen molar-refractivity contribution in [3.63, 3.8) is 0 Å². The molecule has 2 heterocycles. The predicted molar refractivity (Wildman–Crippen MR) is 64.7 cm³/mol. The molecule has 1 aromatic heterocycles. The lowest BCUT2D eigenvalue weighted by Gasteiger charge is -2.30. The lowest BCUT2D eigenvalue weighted by molar-refractivity contribution is -0.137.